The van der Waals surface area contributed by atoms with E-state index in [1.165, 1.54) is 35.0 Å². The maximum absolute atomic E-state index is 13.1. The third-order valence-corrected chi connectivity index (χ3v) is 4.59. The molecule has 1 fully saturated rings. The van der Waals surface area contributed by atoms with Gasteiger partial charge in [-0.2, -0.15) is 18.3 Å². The summed E-state index contributed by atoms with van der Waals surface area (Å²) in [6.07, 6.45) is -1.31. The number of benzene rings is 1. The molecule has 2 aromatic rings. The monoisotopic (exact) mass is 382 g/mol. The average molecular weight is 382 g/mol. The Labute approximate surface area is 152 Å². The molecule has 0 saturated carbocycles. The summed E-state index contributed by atoms with van der Waals surface area (Å²) >= 11 is 0. The molecule has 2 heterocycles. The third-order valence-electron chi connectivity index (χ3n) is 4.59. The molecule has 0 spiro atoms. The van der Waals surface area contributed by atoms with Crippen LogP contribution in [0, 0.1) is 5.41 Å². The Hall–Kier alpha value is -3.04. The minimum absolute atomic E-state index is 0.0236. The smallest absolute Gasteiger partial charge is 0.416 e. The van der Waals surface area contributed by atoms with E-state index in [0.29, 0.717) is 0 Å². The standard InChI is InChI=1S/C17H17F3N4O3/c1-16(14(25)26)5-8-23(10-16)15(27)22-12-9-11(17(18,19)20)3-4-13(12)24-7-2-6-21-24/h2-4,6-7,9H,5,8,10H2,1H3,(H,22,27)(H,25,26). The van der Waals surface area contributed by atoms with E-state index in [9.17, 15) is 27.9 Å². The van der Waals surface area contributed by atoms with Crippen molar-refractivity contribution in [2.45, 2.75) is 19.5 Å². The number of hydrogen-bond acceptors (Lipinski definition) is 3. The van der Waals surface area contributed by atoms with Gasteiger partial charge in [-0.3, -0.25) is 4.79 Å². The van der Waals surface area contributed by atoms with Crippen molar-refractivity contribution in [1.82, 2.24) is 14.7 Å². The quantitative estimate of drug-likeness (QED) is 0.853. The molecule has 2 amide bonds. The van der Waals surface area contributed by atoms with Gasteiger partial charge in [0.2, 0.25) is 0 Å². The van der Waals surface area contributed by atoms with Gasteiger partial charge in [-0.1, -0.05) is 0 Å². The number of carboxylic acids is 1. The van der Waals surface area contributed by atoms with Gasteiger partial charge in [-0.25, -0.2) is 9.48 Å². The fraction of sp³-hybridized carbons (Fsp3) is 0.353. The lowest BCUT2D eigenvalue weighted by Crippen LogP contribution is -2.37. The van der Waals surface area contributed by atoms with Crippen molar-refractivity contribution in [1.29, 1.82) is 0 Å². The van der Waals surface area contributed by atoms with Crippen molar-refractivity contribution in [3.63, 3.8) is 0 Å². The van der Waals surface area contributed by atoms with E-state index < -0.39 is 29.2 Å². The van der Waals surface area contributed by atoms with Crippen molar-refractivity contribution in [3.8, 4) is 5.69 Å². The van der Waals surface area contributed by atoms with Crippen LogP contribution in [-0.2, 0) is 11.0 Å². The molecule has 144 valence electrons. The van der Waals surface area contributed by atoms with Gasteiger partial charge in [-0.15, -0.1) is 0 Å². The molecule has 10 heteroatoms. The highest BCUT2D eigenvalue weighted by Gasteiger charge is 2.42. The molecule has 1 saturated heterocycles. The van der Waals surface area contributed by atoms with Gasteiger partial charge < -0.3 is 15.3 Å². The molecule has 1 aliphatic rings. The normalized spacial score (nSPS) is 19.9. The number of alkyl halides is 3. The van der Waals surface area contributed by atoms with Crippen LogP contribution in [0.15, 0.2) is 36.7 Å². The zero-order valence-corrected chi connectivity index (χ0v) is 14.3. The van der Waals surface area contributed by atoms with E-state index in [1.54, 1.807) is 6.07 Å². The number of halogens is 3. The SMILES string of the molecule is CC1(C(=O)O)CCN(C(=O)Nc2cc(C(F)(F)F)ccc2-n2cccn2)C1. The maximum Gasteiger partial charge on any atom is 0.416 e. The van der Waals surface area contributed by atoms with E-state index in [4.69, 9.17) is 0 Å². The number of rotatable bonds is 3. The fourth-order valence-electron chi connectivity index (χ4n) is 2.93. The van der Waals surface area contributed by atoms with E-state index in [-0.39, 0.29) is 30.9 Å². The Morgan fingerprint density at radius 3 is 2.63 bits per heavy atom. The summed E-state index contributed by atoms with van der Waals surface area (Å²) < 4.78 is 40.5. The van der Waals surface area contributed by atoms with Crippen molar-refractivity contribution in [2.24, 2.45) is 5.41 Å². The molecule has 1 aromatic heterocycles. The summed E-state index contributed by atoms with van der Waals surface area (Å²) in [4.78, 5) is 25.1. The number of hydrogen-bond donors (Lipinski definition) is 2. The first-order chi connectivity index (χ1) is 12.6. The third kappa shape index (κ3) is 3.74. The number of aliphatic carboxylic acids is 1. The van der Waals surface area contributed by atoms with Crippen LogP contribution in [0.3, 0.4) is 0 Å². The fourth-order valence-corrected chi connectivity index (χ4v) is 2.93. The second-order valence-corrected chi connectivity index (χ2v) is 6.65. The molecular formula is C17H17F3N4O3. The predicted molar refractivity (Wildman–Crippen MR) is 89.5 cm³/mol. The van der Waals surface area contributed by atoms with Crippen LogP contribution >= 0.6 is 0 Å². The number of nitrogens with zero attached hydrogens (tertiary/aromatic N) is 3. The average Bonchev–Trinajstić information content (AvgIpc) is 3.24. The Morgan fingerprint density at radius 1 is 1.33 bits per heavy atom. The second-order valence-electron chi connectivity index (χ2n) is 6.65. The lowest BCUT2D eigenvalue weighted by Gasteiger charge is -2.22. The number of urea groups is 1. The number of amides is 2. The van der Waals surface area contributed by atoms with Gasteiger partial charge in [0.1, 0.15) is 0 Å². The number of carbonyl (C=O) groups is 2. The number of aromatic nitrogens is 2. The van der Waals surface area contributed by atoms with Crippen molar-refractivity contribution < 1.29 is 27.9 Å². The lowest BCUT2D eigenvalue weighted by molar-refractivity contribution is -0.147. The van der Waals surface area contributed by atoms with E-state index >= 15 is 0 Å². The number of nitrogens with one attached hydrogen (secondary N) is 1. The maximum atomic E-state index is 13.1. The van der Waals surface area contributed by atoms with Gasteiger partial charge in [-0.05, 0) is 37.6 Å². The summed E-state index contributed by atoms with van der Waals surface area (Å²) in [5, 5.41) is 15.7. The van der Waals surface area contributed by atoms with Gasteiger partial charge in [0.25, 0.3) is 0 Å². The Kier molecular flexibility index (Phi) is 4.58. The topological polar surface area (TPSA) is 87.5 Å². The summed E-state index contributed by atoms with van der Waals surface area (Å²) in [5.74, 6) is -1.02. The Morgan fingerprint density at radius 2 is 2.07 bits per heavy atom. The minimum atomic E-state index is -4.57. The zero-order valence-electron chi connectivity index (χ0n) is 14.3. The Balaban J connectivity index is 1.89. The zero-order chi connectivity index (χ0) is 19.8. The van der Waals surface area contributed by atoms with Crippen LogP contribution in [0.5, 0.6) is 0 Å². The van der Waals surface area contributed by atoms with Gasteiger partial charge in [0.15, 0.2) is 0 Å². The van der Waals surface area contributed by atoms with Gasteiger partial charge in [0.05, 0.1) is 22.4 Å². The largest absolute Gasteiger partial charge is 0.481 e. The first kappa shape index (κ1) is 18.7. The number of carboxylic acid groups (broad SMARTS) is 1. The number of carbonyl (C=O) groups excluding carboxylic acids is 1. The first-order valence-corrected chi connectivity index (χ1v) is 8.11. The van der Waals surface area contributed by atoms with Crippen LogP contribution in [0.4, 0.5) is 23.7 Å². The summed E-state index contributed by atoms with van der Waals surface area (Å²) in [6.45, 7) is 1.71. The summed E-state index contributed by atoms with van der Waals surface area (Å²) in [6, 6.07) is 3.90. The molecule has 1 aliphatic heterocycles. The summed E-state index contributed by atoms with van der Waals surface area (Å²) in [5.41, 5.74) is -1.79. The van der Waals surface area contributed by atoms with E-state index in [0.717, 1.165) is 12.1 Å². The highest BCUT2D eigenvalue weighted by molar-refractivity contribution is 5.92. The van der Waals surface area contributed by atoms with Gasteiger partial charge in [0, 0.05) is 25.5 Å². The van der Waals surface area contributed by atoms with Crippen LogP contribution in [-0.4, -0.2) is 44.9 Å². The first-order valence-electron chi connectivity index (χ1n) is 8.11. The van der Waals surface area contributed by atoms with E-state index in [2.05, 4.69) is 10.4 Å². The van der Waals surface area contributed by atoms with Crippen molar-refractivity contribution in [2.75, 3.05) is 18.4 Å². The molecule has 0 aliphatic carbocycles. The molecule has 27 heavy (non-hydrogen) atoms. The molecule has 7 nitrogen and oxygen atoms in total. The second kappa shape index (κ2) is 6.60. The molecule has 2 N–H and O–H groups in total. The van der Waals surface area contributed by atoms with Crippen LogP contribution < -0.4 is 5.32 Å². The van der Waals surface area contributed by atoms with Crippen molar-refractivity contribution >= 4 is 17.7 Å². The van der Waals surface area contributed by atoms with Crippen LogP contribution in [0.2, 0.25) is 0 Å². The molecule has 1 unspecified atom stereocenters. The number of anilines is 1. The van der Waals surface area contributed by atoms with Crippen LogP contribution in [0.25, 0.3) is 5.69 Å². The molecule has 1 aromatic carbocycles. The predicted octanol–water partition coefficient (Wildman–Crippen LogP) is 3.22. The molecule has 1 atom stereocenters. The molecule has 0 bridgehead atoms. The molecular weight excluding hydrogens is 365 g/mol. The molecule has 3 rings (SSSR count). The molecule has 0 radical (unpaired) electrons. The highest BCUT2D eigenvalue weighted by Crippen LogP contribution is 2.34. The van der Waals surface area contributed by atoms with Crippen molar-refractivity contribution in [3.05, 3.63) is 42.2 Å². The van der Waals surface area contributed by atoms with Gasteiger partial charge >= 0.3 is 18.2 Å². The number of likely N-dealkylation sites (tertiary alicyclic amines) is 1. The summed E-state index contributed by atoms with van der Waals surface area (Å²) in [7, 11) is 0. The lowest BCUT2D eigenvalue weighted by atomic mass is 9.90. The minimum Gasteiger partial charge on any atom is -0.481 e. The van der Waals surface area contributed by atoms with E-state index in [1.807, 2.05) is 0 Å². The van der Waals surface area contributed by atoms with Crippen LogP contribution in [0.1, 0.15) is 18.9 Å². The Bertz CT molecular complexity index is 867. The highest BCUT2D eigenvalue weighted by atomic mass is 19.4.